The summed E-state index contributed by atoms with van der Waals surface area (Å²) in [6.07, 6.45) is 4.04. The van der Waals surface area contributed by atoms with Gasteiger partial charge in [0.1, 0.15) is 5.82 Å². The van der Waals surface area contributed by atoms with E-state index in [0.29, 0.717) is 12.2 Å². The summed E-state index contributed by atoms with van der Waals surface area (Å²) in [6.45, 7) is 0. The van der Waals surface area contributed by atoms with Gasteiger partial charge in [0.2, 0.25) is 0 Å². The number of aryl methyl sites for hydroxylation is 1. The fraction of sp³-hybridized carbons (Fsp3) is 0.214. The van der Waals surface area contributed by atoms with E-state index in [1.165, 1.54) is 0 Å². The van der Waals surface area contributed by atoms with Crippen LogP contribution >= 0.6 is 0 Å². The van der Waals surface area contributed by atoms with Crippen LogP contribution in [0.4, 0.5) is 0 Å². The van der Waals surface area contributed by atoms with Crippen molar-refractivity contribution in [3.8, 4) is 0 Å². The van der Waals surface area contributed by atoms with Crippen LogP contribution in [0.2, 0.25) is 0 Å². The fourth-order valence-corrected chi connectivity index (χ4v) is 2.24. The van der Waals surface area contributed by atoms with E-state index in [1.54, 1.807) is 18.5 Å². The number of hydrogen-bond acceptors (Lipinski definition) is 4. The van der Waals surface area contributed by atoms with Crippen LogP contribution in [0.3, 0.4) is 0 Å². The van der Waals surface area contributed by atoms with Crippen LogP contribution in [0, 0.1) is 0 Å². The van der Waals surface area contributed by atoms with Crippen molar-refractivity contribution in [2.24, 2.45) is 12.8 Å². The van der Waals surface area contributed by atoms with Gasteiger partial charge in [-0.2, -0.15) is 5.10 Å². The monoisotopic (exact) mass is 253 g/mol. The van der Waals surface area contributed by atoms with Crippen molar-refractivity contribution in [3.05, 3.63) is 54.2 Å². The highest BCUT2D eigenvalue weighted by atomic mass is 15.3. The lowest BCUT2D eigenvalue weighted by molar-refractivity contribution is 0.644. The zero-order chi connectivity index (χ0) is 13.2. The quantitative estimate of drug-likeness (QED) is 0.769. The minimum atomic E-state index is -0.237. The van der Waals surface area contributed by atoms with E-state index in [4.69, 9.17) is 5.73 Å². The van der Waals surface area contributed by atoms with Crippen molar-refractivity contribution >= 4 is 10.9 Å². The first-order valence-electron chi connectivity index (χ1n) is 6.19. The predicted octanol–water partition coefficient (Wildman–Crippen LogP) is 1.61. The van der Waals surface area contributed by atoms with Crippen LogP contribution in [-0.4, -0.2) is 19.7 Å². The van der Waals surface area contributed by atoms with Gasteiger partial charge in [-0.3, -0.25) is 4.68 Å². The molecule has 2 aromatic heterocycles. The Bertz CT molecular complexity index is 689. The average Bonchev–Trinajstić information content (AvgIpc) is 2.77. The normalized spacial score (nSPS) is 12.7. The van der Waals surface area contributed by atoms with E-state index in [1.807, 2.05) is 23.9 Å². The molecule has 19 heavy (non-hydrogen) atoms. The number of nitrogens with zero attached hydrogens (tertiary/aromatic N) is 4. The zero-order valence-electron chi connectivity index (χ0n) is 10.7. The number of aromatic nitrogens is 4. The first-order chi connectivity index (χ1) is 9.25. The summed E-state index contributed by atoms with van der Waals surface area (Å²) >= 11 is 0. The third kappa shape index (κ3) is 2.20. The van der Waals surface area contributed by atoms with Gasteiger partial charge in [0.25, 0.3) is 0 Å². The van der Waals surface area contributed by atoms with Gasteiger partial charge in [0, 0.05) is 31.2 Å². The van der Waals surface area contributed by atoms with Gasteiger partial charge < -0.3 is 5.73 Å². The number of hydrogen-bond donors (Lipinski definition) is 1. The number of fused-ring (bicyclic) bond motifs is 1. The van der Waals surface area contributed by atoms with Crippen molar-refractivity contribution in [1.82, 2.24) is 19.7 Å². The molecular formula is C14H15N5. The lowest BCUT2D eigenvalue weighted by atomic mass is 10.1. The summed E-state index contributed by atoms with van der Waals surface area (Å²) in [7, 11) is 1.94. The highest BCUT2D eigenvalue weighted by Crippen LogP contribution is 2.21. The lowest BCUT2D eigenvalue weighted by Gasteiger charge is -2.07. The van der Waals surface area contributed by atoms with Crippen LogP contribution in [0.5, 0.6) is 0 Å². The summed E-state index contributed by atoms with van der Waals surface area (Å²) in [5.41, 5.74) is 8.25. The Morgan fingerprint density at radius 3 is 2.68 bits per heavy atom. The Labute approximate surface area is 111 Å². The van der Waals surface area contributed by atoms with Gasteiger partial charge >= 0.3 is 0 Å². The van der Waals surface area contributed by atoms with Crippen LogP contribution in [-0.2, 0) is 13.5 Å². The molecule has 0 aliphatic rings. The average molecular weight is 253 g/mol. The highest BCUT2D eigenvalue weighted by molar-refractivity contribution is 5.81. The smallest absolute Gasteiger partial charge is 0.145 e. The van der Waals surface area contributed by atoms with E-state index >= 15 is 0 Å². The first kappa shape index (κ1) is 11.8. The van der Waals surface area contributed by atoms with Crippen molar-refractivity contribution in [2.75, 3.05) is 0 Å². The molecule has 1 unspecified atom stereocenters. The number of nitrogens with two attached hydrogens (primary N) is 1. The minimum absolute atomic E-state index is 0.237. The number of benzene rings is 1. The van der Waals surface area contributed by atoms with E-state index in [0.717, 1.165) is 16.6 Å². The van der Waals surface area contributed by atoms with Gasteiger partial charge in [-0.25, -0.2) is 9.97 Å². The molecule has 0 aliphatic carbocycles. The highest BCUT2D eigenvalue weighted by Gasteiger charge is 2.14. The summed E-state index contributed by atoms with van der Waals surface area (Å²) < 4.78 is 1.88. The van der Waals surface area contributed by atoms with E-state index < -0.39 is 0 Å². The van der Waals surface area contributed by atoms with Crippen LogP contribution in [0.25, 0.3) is 10.9 Å². The maximum Gasteiger partial charge on any atom is 0.145 e. The molecular weight excluding hydrogens is 238 g/mol. The van der Waals surface area contributed by atoms with E-state index in [2.05, 4.69) is 27.2 Å². The van der Waals surface area contributed by atoms with Crippen molar-refractivity contribution in [3.63, 3.8) is 0 Å². The van der Waals surface area contributed by atoms with Crippen LogP contribution in [0.15, 0.2) is 42.7 Å². The summed E-state index contributed by atoms with van der Waals surface area (Å²) in [6, 6.07) is 9.69. The molecule has 3 aromatic rings. The second-order valence-electron chi connectivity index (χ2n) is 4.51. The molecule has 0 saturated heterocycles. The van der Waals surface area contributed by atoms with Crippen molar-refractivity contribution < 1.29 is 0 Å². The first-order valence-corrected chi connectivity index (χ1v) is 6.19. The van der Waals surface area contributed by atoms with Crippen LogP contribution < -0.4 is 5.73 Å². The molecule has 5 heteroatoms. The Morgan fingerprint density at radius 1 is 1.16 bits per heavy atom. The Morgan fingerprint density at radius 2 is 1.89 bits per heavy atom. The number of rotatable bonds is 3. The van der Waals surface area contributed by atoms with Crippen LogP contribution in [0.1, 0.15) is 17.6 Å². The molecule has 1 aromatic carbocycles. The SMILES string of the molecule is Cn1nc(CC(N)c2ncccn2)c2ccccc21. The van der Waals surface area contributed by atoms with Crippen molar-refractivity contribution in [1.29, 1.82) is 0 Å². The van der Waals surface area contributed by atoms with Gasteiger partial charge in [-0.05, 0) is 12.1 Å². The molecule has 1 atom stereocenters. The molecule has 2 heterocycles. The van der Waals surface area contributed by atoms with E-state index in [9.17, 15) is 0 Å². The Kier molecular flexibility index (Phi) is 2.97. The number of para-hydroxylation sites is 1. The molecule has 0 spiro atoms. The second kappa shape index (κ2) is 4.78. The molecule has 5 nitrogen and oxygen atoms in total. The molecule has 0 radical (unpaired) electrons. The maximum absolute atomic E-state index is 6.15. The molecule has 2 N–H and O–H groups in total. The van der Waals surface area contributed by atoms with Crippen molar-refractivity contribution in [2.45, 2.75) is 12.5 Å². The summed E-state index contributed by atoms with van der Waals surface area (Å²) in [5.74, 6) is 0.650. The predicted molar refractivity (Wildman–Crippen MR) is 73.4 cm³/mol. The van der Waals surface area contributed by atoms with Gasteiger partial charge in [0.15, 0.2) is 0 Å². The molecule has 0 fully saturated rings. The largest absolute Gasteiger partial charge is 0.321 e. The molecule has 0 amide bonds. The topological polar surface area (TPSA) is 69.6 Å². The molecule has 96 valence electrons. The lowest BCUT2D eigenvalue weighted by Crippen LogP contribution is -2.16. The maximum atomic E-state index is 6.15. The molecule has 3 rings (SSSR count). The van der Waals surface area contributed by atoms with E-state index in [-0.39, 0.29) is 6.04 Å². The summed E-state index contributed by atoms with van der Waals surface area (Å²) in [5, 5.41) is 5.67. The third-order valence-corrected chi connectivity index (χ3v) is 3.16. The molecule has 0 bridgehead atoms. The molecule has 0 aliphatic heterocycles. The zero-order valence-corrected chi connectivity index (χ0v) is 10.7. The minimum Gasteiger partial charge on any atom is -0.321 e. The van der Waals surface area contributed by atoms with Gasteiger partial charge in [0.05, 0.1) is 17.3 Å². The molecule has 0 saturated carbocycles. The third-order valence-electron chi connectivity index (χ3n) is 3.16. The fourth-order valence-electron chi connectivity index (χ4n) is 2.24. The Balaban J connectivity index is 1.94. The standard InChI is InChI=1S/C14H15N5/c1-19-13-6-3-2-5-10(13)12(18-19)9-11(15)14-16-7-4-8-17-14/h2-8,11H,9,15H2,1H3. The van der Waals surface area contributed by atoms with Gasteiger partial charge in [-0.1, -0.05) is 18.2 Å². The van der Waals surface area contributed by atoms with Gasteiger partial charge in [-0.15, -0.1) is 0 Å². The second-order valence-corrected chi connectivity index (χ2v) is 4.51. The summed E-state index contributed by atoms with van der Waals surface area (Å²) in [4.78, 5) is 8.38. The Hall–Kier alpha value is -2.27.